The summed E-state index contributed by atoms with van der Waals surface area (Å²) in [5.41, 5.74) is 0.282. The molecule has 0 unspecified atom stereocenters. The van der Waals surface area contributed by atoms with Crippen LogP contribution in [0.5, 0.6) is 0 Å². The number of halogens is 3. The van der Waals surface area contributed by atoms with Crippen molar-refractivity contribution in [3.8, 4) is 0 Å². The second-order valence-electron chi connectivity index (χ2n) is 4.01. The van der Waals surface area contributed by atoms with E-state index in [2.05, 4.69) is 21.2 Å². The van der Waals surface area contributed by atoms with E-state index in [9.17, 15) is 13.0 Å². The lowest BCUT2D eigenvalue weighted by molar-refractivity contribution is 0.576. The van der Waals surface area contributed by atoms with Crippen LogP contribution in [0.25, 0.3) is 0 Å². The molecule has 0 atom stereocenters. The molecule has 1 aromatic carbocycles. The summed E-state index contributed by atoms with van der Waals surface area (Å²) in [5, 5.41) is 3.04. The van der Waals surface area contributed by atoms with Crippen molar-refractivity contribution in [1.29, 1.82) is 0 Å². The number of benzene rings is 1. The molecule has 1 aliphatic heterocycles. The van der Waals surface area contributed by atoms with E-state index in [1.807, 2.05) is 0 Å². The van der Waals surface area contributed by atoms with Gasteiger partial charge in [-0.15, -0.1) is 0 Å². The maximum Gasteiger partial charge on any atom is 0.150 e. The van der Waals surface area contributed by atoms with E-state index in [1.165, 1.54) is 6.07 Å². The van der Waals surface area contributed by atoms with Crippen molar-refractivity contribution in [1.82, 2.24) is 0 Å². The van der Waals surface area contributed by atoms with Gasteiger partial charge >= 0.3 is 0 Å². The molecule has 94 valence electrons. The molecule has 2 nitrogen and oxygen atoms in total. The minimum Gasteiger partial charge on any atom is -0.379 e. The summed E-state index contributed by atoms with van der Waals surface area (Å²) in [7, 11) is -0.739. The monoisotopic (exact) mass is 323 g/mol. The lowest BCUT2D eigenvalue weighted by Gasteiger charge is -2.24. The molecule has 1 aliphatic rings. The molecule has 17 heavy (non-hydrogen) atoms. The zero-order chi connectivity index (χ0) is 12.4. The van der Waals surface area contributed by atoms with Crippen molar-refractivity contribution in [2.75, 3.05) is 16.8 Å². The van der Waals surface area contributed by atoms with E-state index >= 15 is 0 Å². The van der Waals surface area contributed by atoms with Gasteiger partial charge in [-0.2, -0.15) is 0 Å². The largest absolute Gasteiger partial charge is 0.379 e. The van der Waals surface area contributed by atoms with Crippen LogP contribution in [0.4, 0.5) is 14.5 Å². The number of anilines is 1. The minimum absolute atomic E-state index is 0.101. The molecular formula is C11H12BrF2NOS. The zero-order valence-corrected chi connectivity index (χ0v) is 11.4. The Kier molecular flexibility index (Phi) is 4.14. The molecule has 0 aromatic heterocycles. The van der Waals surface area contributed by atoms with Gasteiger partial charge in [0, 0.05) is 38.9 Å². The quantitative estimate of drug-likeness (QED) is 0.906. The molecule has 0 bridgehead atoms. The predicted octanol–water partition coefficient (Wildman–Crippen LogP) is 3.05. The first-order chi connectivity index (χ1) is 8.06. The number of hydrogen-bond acceptors (Lipinski definition) is 2. The standard InChI is InChI=1S/C11H12BrF2NOS/c12-9-5-7(13)6-10(14)11(9)15-8-1-3-17(16)4-2-8/h5-6,8,15H,1-4H2. The maximum absolute atomic E-state index is 13.6. The van der Waals surface area contributed by atoms with Crippen LogP contribution in [-0.4, -0.2) is 21.8 Å². The van der Waals surface area contributed by atoms with Gasteiger partial charge in [-0.3, -0.25) is 4.21 Å². The average molecular weight is 324 g/mol. The molecular weight excluding hydrogens is 312 g/mol. The van der Waals surface area contributed by atoms with E-state index in [1.54, 1.807) is 0 Å². The Balaban J connectivity index is 2.11. The van der Waals surface area contributed by atoms with Gasteiger partial charge in [0.05, 0.1) is 5.69 Å². The van der Waals surface area contributed by atoms with Gasteiger partial charge in [0.2, 0.25) is 0 Å². The third-order valence-corrected chi connectivity index (χ3v) is 4.75. The van der Waals surface area contributed by atoms with Crippen molar-refractivity contribution in [3.05, 3.63) is 28.2 Å². The third kappa shape index (κ3) is 3.25. The number of rotatable bonds is 2. The molecule has 0 aliphatic carbocycles. The molecule has 0 saturated carbocycles. The number of nitrogens with one attached hydrogen (secondary N) is 1. The molecule has 1 fully saturated rings. The molecule has 2 rings (SSSR count). The average Bonchev–Trinajstić information content (AvgIpc) is 2.26. The van der Waals surface area contributed by atoms with Crippen LogP contribution < -0.4 is 5.32 Å². The van der Waals surface area contributed by atoms with Crippen molar-refractivity contribution < 1.29 is 13.0 Å². The highest BCUT2D eigenvalue weighted by atomic mass is 79.9. The smallest absolute Gasteiger partial charge is 0.150 e. The first-order valence-electron chi connectivity index (χ1n) is 5.32. The summed E-state index contributed by atoms with van der Waals surface area (Å²) in [6.07, 6.45) is 1.49. The van der Waals surface area contributed by atoms with Gasteiger partial charge in [0.1, 0.15) is 11.6 Å². The Morgan fingerprint density at radius 1 is 1.29 bits per heavy atom. The van der Waals surface area contributed by atoms with Gasteiger partial charge in [0.25, 0.3) is 0 Å². The summed E-state index contributed by atoms with van der Waals surface area (Å²) in [4.78, 5) is 0. The Hall–Kier alpha value is -0.490. The summed E-state index contributed by atoms with van der Waals surface area (Å²) < 4.78 is 38.0. The third-order valence-electron chi connectivity index (χ3n) is 2.74. The van der Waals surface area contributed by atoms with E-state index in [-0.39, 0.29) is 11.7 Å². The molecule has 1 heterocycles. The Morgan fingerprint density at radius 2 is 1.94 bits per heavy atom. The Morgan fingerprint density at radius 3 is 2.53 bits per heavy atom. The SMILES string of the molecule is O=S1CCC(Nc2c(F)cc(F)cc2Br)CC1. The fourth-order valence-corrected chi connectivity index (χ4v) is 3.64. The highest BCUT2D eigenvalue weighted by Gasteiger charge is 2.20. The zero-order valence-electron chi connectivity index (χ0n) is 9.01. The lowest BCUT2D eigenvalue weighted by Crippen LogP contribution is -2.29. The van der Waals surface area contributed by atoms with Gasteiger partial charge in [0.15, 0.2) is 0 Å². The maximum atomic E-state index is 13.6. The molecule has 1 N–H and O–H groups in total. The van der Waals surface area contributed by atoms with Crippen LogP contribution in [-0.2, 0) is 10.8 Å². The predicted molar refractivity (Wildman–Crippen MR) is 68.6 cm³/mol. The number of hydrogen-bond donors (Lipinski definition) is 1. The van der Waals surface area contributed by atoms with Crippen LogP contribution in [0.15, 0.2) is 16.6 Å². The fourth-order valence-electron chi connectivity index (χ4n) is 1.82. The van der Waals surface area contributed by atoms with E-state index in [4.69, 9.17) is 0 Å². The first kappa shape index (κ1) is 13.0. The van der Waals surface area contributed by atoms with Crippen molar-refractivity contribution in [2.24, 2.45) is 0 Å². The molecule has 0 spiro atoms. The highest BCUT2D eigenvalue weighted by molar-refractivity contribution is 9.10. The molecule has 1 aromatic rings. The van der Waals surface area contributed by atoms with Gasteiger partial charge < -0.3 is 5.32 Å². The Labute approximate surface area is 109 Å². The lowest BCUT2D eigenvalue weighted by atomic mass is 10.1. The fraction of sp³-hybridized carbons (Fsp3) is 0.455. The van der Waals surface area contributed by atoms with Crippen LogP contribution in [0.3, 0.4) is 0 Å². The van der Waals surface area contributed by atoms with Gasteiger partial charge in [-0.05, 0) is 34.8 Å². The van der Waals surface area contributed by atoms with Crippen molar-refractivity contribution in [3.63, 3.8) is 0 Å². The van der Waals surface area contributed by atoms with Crippen molar-refractivity contribution >= 4 is 32.4 Å². The van der Waals surface area contributed by atoms with E-state index < -0.39 is 22.4 Å². The van der Waals surface area contributed by atoms with Crippen molar-refractivity contribution in [2.45, 2.75) is 18.9 Å². The highest BCUT2D eigenvalue weighted by Crippen LogP contribution is 2.28. The molecule has 0 amide bonds. The van der Waals surface area contributed by atoms with E-state index in [0.717, 1.165) is 18.9 Å². The minimum atomic E-state index is -0.739. The van der Waals surface area contributed by atoms with E-state index in [0.29, 0.717) is 16.0 Å². The molecule has 6 heteroatoms. The van der Waals surface area contributed by atoms with Crippen LogP contribution in [0.2, 0.25) is 0 Å². The van der Waals surface area contributed by atoms with Crippen LogP contribution in [0.1, 0.15) is 12.8 Å². The first-order valence-corrected chi connectivity index (χ1v) is 7.60. The van der Waals surface area contributed by atoms with Crippen LogP contribution >= 0.6 is 15.9 Å². The van der Waals surface area contributed by atoms with Gasteiger partial charge in [-0.1, -0.05) is 0 Å². The van der Waals surface area contributed by atoms with Crippen LogP contribution in [0, 0.1) is 11.6 Å². The summed E-state index contributed by atoms with van der Waals surface area (Å²) >= 11 is 3.13. The summed E-state index contributed by atoms with van der Waals surface area (Å²) in [6.45, 7) is 0. The topological polar surface area (TPSA) is 29.1 Å². The normalized spacial score (nSPS) is 24.6. The molecule has 1 saturated heterocycles. The summed E-state index contributed by atoms with van der Waals surface area (Å²) in [5.74, 6) is 0.0594. The molecule has 0 radical (unpaired) electrons. The Bertz CT molecular complexity index is 422. The van der Waals surface area contributed by atoms with Gasteiger partial charge in [-0.25, -0.2) is 8.78 Å². The second kappa shape index (κ2) is 5.44. The summed E-state index contributed by atoms with van der Waals surface area (Å²) in [6, 6.07) is 2.18. The second-order valence-corrected chi connectivity index (χ2v) is 6.56.